The molecule has 8 heteroatoms. The molecular formula is C48H30N8. The second kappa shape index (κ2) is 11.0. The SMILES string of the molecule is c1ccc2cc3c(cc2c1)/C1=N/c2[nH]c(c4cc5ccccc5cc24)/N=C2\NC(/N=c4\[nH]/c(c5cc6ccccc6cc45)=N\C3N1)c1cc3ccccc3cc12. The Kier molecular flexibility index (Phi) is 5.85. The van der Waals surface area contributed by atoms with Gasteiger partial charge < -0.3 is 20.6 Å². The molecule has 0 radical (unpaired) electrons. The van der Waals surface area contributed by atoms with Crippen LogP contribution in [-0.2, 0) is 0 Å². The number of benzene rings is 8. The lowest BCUT2D eigenvalue weighted by Gasteiger charge is -2.07. The van der Waals surface area contributed by atoms with Gasteiger partial charge in [0.2, 0.25) is 0 Å². The van der Waals surface area contributed by atoms with Crippen LogP contribution in [0.1, 0.15) is 34.6 Å². The Bertz CT molecular complexity index is 3340. The predicted molar refractivity (Wildman–Crippen MR) is 226 cm³/mol. The van der Waals surface area contributed by atoms with Gasteiger partial charge in [-0.1, -0.05) is 97.1 Å². The molecule has 56 heavy (non-hydrogen) atoms. The third-order valence-corrected chi connectivity index (χ3v) is 11.7. The fourth-order valence-corrected chi connectivity index (χ4v) is 8.96. The first-order chi connectivity index (χ1) is 27.7. The summed E-state index contributed by atoms with van der Waals surface area (Å²) < 4.78 is 0. The molecule has 8 bridgehead atoms. The lowest BCUT2D eigenvalue weighted by atomic mass is 10.0. The van der Waals surface area contributed by atoms with Crippen LogP contribution in [0.2, 0.25) is 0 Å². The topological polar surface area (TPSA) is 105 Å². The standard InChI is InChI=1S/C48H30N8/c1-2-10-26-18-34-33(17-25(26)9-1)41-49-42(34)54-44-37-21-29-13-5-6-14-30(29)22-38(37)46(51-44)56-48-40-24-32-16-8-7-15-31(32)23-39(40)47(52-48)55-45-36-20-28-12-4-3-11-27(28)19-35(36)43(50-45)53-41/h1-24,41,47,51H,(H,49,54)(H,52,56)(H,50,53,55). The second-order valence-electron chi connectivity index (χ2n) is 15.0. The maximum Gasteiger partial charge on any atom is 0.148 e. The number of amidine groups is 2. The Morgan fingerprint density at radius 3 is 1.09 bits per heavy atom. The van der Waals surface area contributed by atoms with Crippen molar-refractivity contribution >= 4 is 87.9 Å². The molecule has 4 N–H and O–H groups in total. The number of hydrogen-bond donors (Lipinski definition) is 4. The Balaban J connectivity index is 1.16. The molecule has 0 aliphatic carbocycles. The van der Waals surface area contributed by atoms with Gasteiger partial charge in [0, 0.05) is 43.8 Å². The maximum absolute atomic E-state index is 5.47. The highest BCUT2D eigenvalue weighted by Gasteiger charge is 2.31. The van der Waals surface area contributed by atoms with Crippen LogP contribution in [0.3, 0.4) is 0 Å². The van der Waals surface area contributed by atoms with Crippen molar-refractivity contribution in [3.05, 3.63) is 179 Å². The fourth-order valence-electron chi connectivity index (χ4n) is 8.96. The summed E-state index contributed by atoms with van der Waals surface area (Å²) in [6.07, 6.45) is -0.796. The van der Waals surface area contributed by atoms with Crippen LogP contribution in [0.4, 0.5) is 11.6 Å². The van der Waals surface area contributed by atoms with E-state index in [2.05, 4.69) is 166 Å². The van der Waals surface area contributed by atoms with Crippen molar-refractivity contribution in [1.29, 1.82) is 0 Å². The van der Waals surface area contributed by atoms with E-state index in [-0.39, 0.29) is 0 Å². The number of hydrogen-bond acceptors (Lipinski definition) is 6. The molecule has 10 aromatic rings. The number of H-pyrrole nitrogens is 2. The van der Waals surface area contributed by atoms with Crippen LogP contribution < -0.4 is 21.6 Å². The minimum atomic E-state index is -0.398. The fraction of sp³-hybridized carbons (Fsp3) is 0.0417. The van der Waals surface area contributed by atoms with Gasteiger partial charge in [0.05, 0.1) is 0 Å². The lowest BCUT2D eigenvalue weighted by molar-refractivity contribution is 0.674. The first-order valence-electron chi connectivity index (χ1n) is 18.9. The second-order valence-corrected chi connectivity index (χ2v) is 15.0. The average molecular weight is 719 g/mol. The van der Waals surface area contributed by atoms with E-state index in [0.717, 1.165) is 121 Å². The van der Waals surface area contributed by atoms with Gasteiger partial charge in [-0.2, -0.15) is 0 Å². The molecule has 3 aliphatic heterocycles. The summed E-state index contributed by atoms with van der Waals surface area (Å²) in [4.78, 5) is 29.1. The summed E-state index contributed by atoms with van der Waals surface area (Å²) in [5.41, 5.74) is 5.70. The van der Waals surface area contributed by atoms with Gasteiger partial charge in [0.15, 0.2) is 0 Å². The molecule has 2 unspecified atom stereocenters. The summed E-state index contributed by atoms with van der Waals surface area (Å²) in [7, 11) is 0. The molecule has 0 fully saturated rings. The number of nitrogens with zero attached hydrogens (tertiary/aromatic N) is 4. The van der Waals surface area contributed by atoms with Crippen molar-refractivity contribution < 1.29 is 0 Å². The van der Waals surface area contributed by atoms with Crippen LogP contribution >= 0.6 is 0 Å². The Hall–Kier alpha value is -7.58. The number of rotatable bonds is 0. The van der Waals surface area contributed by atoms with Gasteiger partial charge in [0.1, 0.15) is 46.6 Å². The van der Waals surface area contributed by atoms with Crippen LogP contribution in [0.15, 0.2) is 166 Å². The first-order valence-corrected chi connectivity index (χ1v) is 18.9. The molecule has 262 valence electrons. The highest BCUT2D eigenvalue weighted by atomic mass is 15.2. The molecule has 0 spiro atoms. The van der Waals surface area contributed by atoms with E-state index in [1.54, 1.807) is 0 Å². The third kappa shape index (κ3) is 4.35. The minimum Gasteiger partial charge on any atom is -0.344 e. The zero-order chi connectivity index (χ0) is 36.5. The molecule has 3 aliphatic rings. The van der Waals surface area contributed by atoms with Crippen molar-refractivity contribution in [2.45, 2.75) is 12.3 Å². The first kappa shape index (κ1) is 29.8. The minimum absolute atomic E-state index is 0.398. The number of aliphatic imine (C=N–C) groups is 2. The quantitative estimate of drug-likeness (QED) is 0.125. The number of nitrogens with one attached hydrogen (secondary N) is 4. The van der Waals surface area contributed by atoms with Gasteiger partial charge in [-0.05, 0) is 91.6 Å². The summed E-state index contributed by atoms with van der Waals surface area (Å²) in [5.74, 6) is 2.97. The van der Waals surface area contributed by atoms with E-state index < -0.39 is 12.3 Å². The molecule has 5 heterocycles. The van der Waals surface area contributed by atoms with Crippen molar-refractivity contribution in [2.24, 2.45) is 20.0 Å². The molecule has 8 nitrogen and oxygen atoms in total. The summed E-state index contributed by atoms with van der Waals surface area (Å²) in [5, 5.41) is 20.7. The smallest absolute Gasteiger partial charge is 0.148 e. The zero-order valence-electron chi connectivity index (χ0n) is 29.8. The highest BCUT2D eigenvalue weighted by molar-refractivity contribution is 6.14. The molecule has 0 saturated heterocycles. The number of fused-ring (bicyclic) bond motifs is 24. The van der Waals surface area contributed by atoms with Crippen LogP contribution in [-0.4, -0.2) is 21.6 Å². The maximum atomic E-state index is 5.47. The summed E-state index contributed by atoms with van der Waals surface area (Å²) in [6, 6.07) is 51.7. The monoisotopic (exact) mass is 718 g/mol. The van der Waals surface area contributed by atoms with Crippen LogP contribution in [0.25, 0.3) is 64.6 Å². The molecule has 0 saturated carbocycles. The van der Waals surface area contributed by atoms with E-state index in [1.165, 1.54) is 0 Å². The predicted octanol–water partition coefficient (Wildman–Crippen LogP) is 9.58. The van der Waals surface area contributed by atoms with Crippen LogP contribution in [0.5, 0.6) is 0 Å². The molecule has 2 aromatic heterocycles. The van der Waals surface area contributed by atoms with E-state index in [1.807, 2.05) is 0 Å². The van der Waals surface area contributed by atoms with Crippen molar-refractivity contribution in [3.8, 4) is 0 Å². The van der Waals surface area contributed by atoms with Gasteiger partial charge >= 0.3 is 0 Å². The Morgan fingerprint density at radius 2 is 0.696 bits per heavy atom. The normalized spacial score (nSPS) is 20.1. The van der Waals surface area contributed by atoms with E-state index in [9.17, 15) is 0 Å². The van der Waals surface area contributed by atoms with E-state index in [4.69, 9.17) is 20.0 Å². The molecule has 0 amide bonds. The Morgan fingerprint density at radius 1 is 0.357 bits per heavy atom. The van der Waals surface area contributed by atoms with Gasteiger partial charge in [-0.15, -0.1) is 0 Å². The number of aromatic nitrogens is 2. The third-order valence-electron chi connectivity index (χ3n) is 11.7. The summed E-state index contributed by atoms with van der Waals surface area (Å²) >= 11 is 0. The van der Waals surface area contributed by atoms with Crippen molar-refractivity contribution in [1.82, 2.24) is 20.6 Å². The lowest BCUT2D eigenvalue weighted by Crippen LogP contribution is -2.23. The van der Waals surface area contributed by atoms with E-state index in [0.29, 0.717) is 0 Å². The van der Waals surface area contributed by atoms with E-state index >= 15 is 0 Å². The number of aromatic amines is 2. The molecular weight excluding hydrogens is 689 g/mol. The van der Waals surface area contributed by atoms with Crippen LogP contribution in [0, 0.1) is 0 Å². The average Bonchev–Trinajstić information content (AvgIpc) is 3.95. The zero-order valence-corrected chi connectivity index (χ0v) is 29.8. The van der Waals surface area contributed by atoms with Crippen molar-refractivity contribution in [3.63, 3.8) is 0 Å². The summed E-state index contributed by atoms with van der Waals surface area (Å²) in [6.45, 7) is 0. The molecule has 8 aromatic carbocycles. The van der Waals surface area contributed by atoms with Crippen molar-refractivity contribution in [2.75, 3.05) is 0 Å². The molecule has 13 rings (SSSR count). The highest BCUT2D eigenvalue weighted by Crippen LogP contribution is 2.40. The molecule has 2 atom stereocenters. The van der Waals surface area contributed by atoms with Gasteiger partial charge in [-0.3, -0.25) is 0 Å². The van der Waals surface area contributed by atoms with Gasteiger partial charge in [-0.25, -0.2) is 20.0 Å². The largest absolute Gasteiger partial charge is 0.344 e. The van der Waals surface area contributed by atoms with Gasteiger partial charge in [0.25, 0.3) is 0 Å². The Labute approximate surface area is 318 Å².